The lowest BCUT2D eigenvalue weighted by molar-refractivity contribution is -0.874. The standard InChI is InChI=1S/C66H63N3O18/c1-5-7-9-11-15-19-43-69-65(52-26-23-47(3)24-27-52)67-68-66(69)53-30-28-49(29-31-53)54-36-42-58-60(46-54)64(50-32-37-55(38-33-50)73-44-20-16-12-10-8-6-2)57-41-25-48(4)45-59(57)63(58)51-34-39-56(40-35-51)74-61(70)21-17-13-14-18-22-62(71)75-77-79-81-83-85-87-86-84-82-80-78-76-72/h23-42,45-46,72H,5-12,15-16,19-20,43-44H2,1-4H3. The number of nitrogens with zero attached hydrogens (tertiary/aromatic N) is 3. The first-order chi connectivity index (χ1) is 42.7. The van der Waals surface area contributed by atoms with Gasteiger partial charge in [0.25, 0.3) is 0 Å². The van der Waals surface area contributed by atoms with Gasteiger partial charge in [0, 0.05) is 59.7 Å². The molecule has 0 radical (unpaired) electrons. The summed E-state index contributed by atoms with van der Waals surface area (Å²) in [6.07, 6.45) is 14.3. The third kappa shape index (κ3) is 19.3. The fourth-order valence-corrected chi connectivity index (χ4v) is 9.67. The van der Waals surface area contributed by atoms with Crippen LogP contribution in [-0.4, -0.2) is 38.6 Å². The Morgan fingerprint density at radius 2 is 0.874 bits per heavy atom. The van der Waals surface area contributed by atoms with Crippen molar-refractivity contribution in [1.29, 1.82) is 0 Å². The largest absolute Gasteiger partial charge is 0.494 e. The van der Waals surface area contributed by atoms with Gasteiger partial charge < -0.3 is 14.0 Å². The van der Waals surface area contributed by atoms with Crippen LogP contribution in [0.5, 0.6) is 11.5 Å². The van der Waals surface area contributed by atoms with E-state index in [1.807, 2.05) is 18.1 Å². The summed E-state index contributed by atoms with van der Waals surface area (Å²) >= 11 is 0. The maximum Gasteiger partial charge on any atom is 0.421 e. The molecule has 0 atom stereocenters. The molecule has 1 aromatic heterocycles. The molecule has 21 heteroatoms. The third-order valence-electron chi connectivity index (χ3n) is 13.7. The molecule has 1 heterocycles. The summed E-state index contributed by atoms with van der Waals surface area (Å²) in [7, 11) is 0. The highest BCUT2D eigenvalue weighted by atomic mass is 18.0. The number of aryl methyl sites for hydroxylation is 2. The monoisotopic (exact) mass is 1190 g/mol. The molecule has 87 heavy (non-hydrogen) atoms. The molecule has 0 aliphatic heterocycles. The molecule has 0 bridgehead atoms. The van der Waals surface area contributed by atoms with Gasteiger partial charge >= 0.3 is 11.9 Å². The Morgan fingerprint density at radius 3 is 1.46 bits per heavy atom. The number of aromatic nitrogens is 3. The number of esters is 1. The molecule has 8 rings (SSSR count). The number of carbonyl (C=O) groups is 2. The molecular formula is C66H63N3O18. The summed E-state index contributed by atoms with van der Waals surface area (Å²) in [4.78, 5) is 28.5. The summed E-state index contributed by atoms with van der Waals surface area (Å²) in [5, 5.41) is 64.4. The van der Waals surface area contributed by atoms with Crippen molar-refractivity contribution in [1.82, 2.24) is 14.8 Å². The lowest BCUT2D eigenvalue weighted by Gasteiger charge is -2.19. The van der Waals surface area contributed by atoms with Gasteiger partial charge in [-0.25, -0.2) is 14.8 Å². The average molecular weight is 1190 g/mol. The highest BCUT2D eigenvalue weighted by Gasteiger charge is 2.20. The number of hydrogen-bond donors (Lipinski definition) is 1. The van der Waals surface area contributed by atoms with Crippen LogP contribution in [0.4, 0.5) is 0 Å². The van der Waals surface area contributed by atoms with Crippen molar-refractivity contribution in [3.63, 3.8) is 0 Å². The van der Waals surface area contributed by atoms with Crippen molar-refractivity contribution in [3.05, 3.63) is 145 Å². The van der Waals surface area contributed by atoms with E-state index in [9.17, 15) is 9.59 Å². The molecule has 21 nitrogen and oxygen atoms in total. The minimum absolute atomic E-state index is 0.256. The highest BCUT2D eigenvalue weighted by Crippen LogP contribution is 2.46. The predicted molar refractivity (Wildman–Crippen MR) is 315 cm³/mol. The van der Waals surface area contributed by atoms with Gasteiger partial charge in [-0.15, -0.1) is 10.2 Å². The lowest BCUT2D eigenvalue weighted by atomic mass is 9.84. The van der Waals surface area contributed by atoms with Crippen LogP contribution in [0.25, 0.3) is 77.7 Å². The quantitative estimate of drug-likeness (QED) is 0.00590. The molecule has 7 aromatic carbocycles. The normalized spacial score (nSPS) is 10.9. The topological polar surface area (TPSA) is 224 Å². The van der Waals surface area contributed by atoms with Crippen molar-refractivity contribution in [2.24, 2.45) is 0 Å². The molecule has 0 saturated carbocycles. The number of benzene rings is 7. The zero-order valence-corrected chi connectivity index (χ0v) is 48.3. The number of carbonyl (C=O) groups excluding carboxylic acids is 2. The molecule has 450 valence electrons. The molecule has 0 aliphatic carbocycles. The van der Waals surface area contributed by atoms with Gasteiger partial charge in [0.2, 0.25) is 0 Å². The lowest BCUT2D eigenvalue weighted by Crippen LogP contribution is -2.06. The minimum Gasteiger partial charge on any atom is -0.494 e. The van der Waals surface area contributed by atoms with Gasteiger partial charge in [-0.05, 0) is 166 Å². The Labute approximate surface area is 501 Å². The Kier molecular flexibility index (Phi) is 25.7. The van der Waals surface area contributed by atoms with Crippen LogP contribution in [0.3, 0.4) is 0 Å². The molecule has 0 unspecified atom stereocenters. The Balaban J connectivity index is 1.02. The van der Waals surface area contributed by atoms with E-state index in [1.54, 1.807) is 12.1 Å². The van der Waals surface area contributed by atoms with E-state index in [1.165, 1.54) is 56.9 Å². The number of rotatable bonds is 33. The minimum atomic E-state index is -1.29. The van der Waals surface area contributed by atoms with E-state index in [2.05, 4.69) is 236 Å². The smallest absolute Gasteiger partial charge is 0.421 e. The summed E-state index contributed by atoms with van der Waals surface area (Å²) in [5.74, 6) is 13.8. The van der Waals surface area contributed by atoms with Gasteiger partial charge in [0.1, 0.15) is 11.5 Å². The van der Waals surface area contributed by atoms with Gasteiger partial charge in [0.05, 0.1) is 6.61 Å². The zero-order chi connectivity index (χ0) is 60.8. The number of fused-ring (bicyclic) bond motifs is 2. The van der Waals surface area contributed by atoms with Crippen molar-refractivity contribution in [2.75, 3.05) is 6.61 Å². The zero-order valence-electron chi connectivity index (χ0n) is 48.3. The second-order valence-electron chi connectivity index (χ2n) is 19.8. The first-order valence-corrected chi connectivity index (χ1v) is 28.3. The SMILES string of the molecule is CCCCCCCCOc1ccc(-c2c3ccc(C)cc3c(-c3ccc(OC(=O)C#CC#CC#CC(=O)OOOOOOOOOOOOOO)cc3)c3ccc(-c4ccc(-c5nnc(-c6ccc(C)cc6)n5CCCCCCCC)cc4)cc23)cc1. The van der Waals surface area contributed by atoms with Crippen LogP contribution >= 0.6 is 0 Å². The van der Waals surface area contributed by atoms with E-state index >= 15 is 0 Å². The number of hydrogen-bond acceptors (Lipinski definition) is 20. The van der Waals surface area contributed by atoms with Crippen LogP contribution < -0.4 is 9.47 Å². The number of ether oxygens (including phenoxy) is 2. The van der Waals surface area contributed by atoms with Crippen molar-refractivity contribution in [3.8, 4) is 103 Å². The Hall–Kier alpha value is -8.90. The molecule has 0 spiro atoms. The molecular weight excluding hydrogens is 1120 g/mol. The van der Waals surface area contributed by atoms with E-state index in [0.29, 0.717) is 6.61 Å². The van der Waals surface area contributed by atoms with E-state index in [-0.39, 0.29) is 5.75 Å². The fourth-order valence-electron chi connectivity index (χ4n) is 9.67. The predicted octanol–water partition coefficient (Wildman–Crippen LogP) is 14.7. The first-order valence-electron chi connectivity index (χ1n) is 28.3. The molecule has 8 aromatic rings. The summed E-state index contributed by atoms with van der Waals surface area (Å²) in [6, 6.07) is 46.1. The van der Waals surface area contributed by atoms with E-state index in [0.717, 1.165) is 121 Å². The van der Waals surface area contributed by atoms with Crippen LogP contribution in [0, 0.1) is 49.4 Å². The second-order valence-corrected chi connectivity index (χ2v) is 19.8. The van der Waals surface area contributed by atoms with Gasteiger partial charge in [0.15, 0.2) is 11.6 Å². The third-order valence-corrected chi connectivity index (χ3v) is 13.7. The van der Waals surface area contributed by atoms with Crippen LogP contribution in [0.1, 0.15) is 102 Å². The maximum absolute atomic E-state index is 12.8. The van der Waals surface area contributed by atoms with Crippen molar-refractivity contribution >= 4 is 33.5 Å². The second kappa shape index (κ2) is 34.9. The van der Waals surface area contributed by atoms with Crippen LogP contribution in [0.2, 0.25) is 0 Å². The van der Waals surface area contributed by atoms with E-state index < -0.39 is 11.9 Å². The first kappa shape index (κ1) is 64.1. The van der Waals surface area contributed by atoms with Crippen molar-refractivity contribution in [2.45, 2.75) is 111 Å². The fraction of sp³-hybridized carbons (Fsp3) is 0.273. The van der Waals surface area contributed by atoms with Gasteiger partial charge in [-0.3, -0.25) is 4.89 Å². The maximum atomic E-state index is 12.8. The van der Waals surface area contributed by atoms with Crippen molar-refractivity contribution < 1.29 is 89.7 Å². The van der Waals surface area contributed by atoms with Gasteiger partial charge in [-0.2, -0.15) is 0 Å². The molecule has 0 saturated heterocycles. The molecule has 0 aliphatic rings. The average Bonchev–Trinajstić information content (AvgIpc) is 1.24. The molecule has 0 fully saturated rings. The summed E-state index contributed by atoms with van der Waals surface area (Å²) < 4.78 is 14.1. The van der Waals surface area contributed by atoms with E-state index in [4.69, 9.17) is 24.9 Å². The van der Waals surface area contributed by atoms with Crippen LogP contribution in [0.15, 0.2) is 133 Å². The molecule has 0 amide bonds. The highest BCUT2D eigenvalue weighted by molar-refractivity contribution is 6.22. The Bertz CT molecular complexity index is 3710. The number of unbranched alkanes of at least 4 members (excludes halogenated alkanes) is 10. The van der Waals surface area contributed by atoms with Crippen LogP contribution in [-0.2, 0) is 81.5 Å². The summed E-state index contributed by atoms with van der Waals surface area (Å²) in [5.41, 5.74) is 10.5. The molecule has 1 N–H and O–H groups in total. The summed E-state index contributed by atoms with van der Waals surface area (Å²) in [6.45, 7) is 10.2. The Morgan fingerprint density at radius 1 is 0.425 bits per heavy atom. The van der Waals surface area contributed by atoms with Gasteiger partial charge in [-0.1, -0.05) is 192 Å².